The highest BCUT2D eigenvalue weighted by molar-refractivity contribution is 8.77. The van der Waals surface area contributed by atoms with Crippen LogP contribution in [0.4, 0.5) is 5.69 Å². The summed E-state index contributed by atoms with van der Waals surface area (Å²) in [7, 11) is 4.00. The van der Waals surface area contributed by atoms with Crippen LogP contribution in [-0.4, -0.2) is 29.3 Å². The van der Waals surface area contributed by atoms with Crippen LogP contribution in [-0.2, 0) is 11.2 Å². The van der Waals surface area contributed by atoms with Crippen LogP contribution < -0.4 is 11.1 Å². The molecule has 0 unspecified atom stereocenters. The van der Waals surface area contributed by atoms with Crippen molar-refractivity contribution in [3.8, 4) is 0 Å². The molecule has 0 spiro atoms. The first-order valence-corrected chi connectivity index (χ1v) is 13.0. The lowest BCUT2D eigenvalue weighted by Crippen LogP contribution is -2.25. The lowest BCUT2D eigenvalue weighted by molar-refractivity contribution is -0.121. The second-order valence-electron chi connectivity index (χ2n) is 6.82. The SMILES string of the molecule is NC(=Nc1ccc(CCNC(=O)CCCC[C@@H]2CCSS2)cc1)c1cccs1. The maximum atomic E-state index is 12.0. The molecule has 1 saturated heterocycles. The molecular weight excluding hydrogens is 406 g/mol. The van der Waals surface area contributed by atoms with Gasteiger partial charge in [-0.05, 0) is 54.8 Å². The van der Waals surface area contributed by atoms with Gasteiger partial charge in [0.2, 0.25) is 5.91 Å². The van der Waals surface area contributed by atoms with Crippen LogP contribution in [0.5, 0.6) is 0 Å². The molecule has 1 atom stereocenters. The quantitative estimate of drug-likeness (QED) is 0.235. The molecule has 1 fully saturated rings. The lowest BCUT2D eigenvalue weighted by Gasteiger charge is -2.08. The third kappa shape index (κ3) is 7.18. The van der Waals surface area contributed by atoms with Gasteiger partial charge in [0, 0.05) is 24.0 Å². The number of aliphatic imine (C=N–C) groups is 1. The van der Waals surface area contributed by atoms with Crippen molar-refractivity contribution in [2.75, 3.05) is 12.3 Å². The van der Waals surface area contributed by atoms with Gasteiger partial charge in [0.05, 0.1) is 10.6 Å². The zero-order valence-corrected chi connectivity index (χ0v) is 18.4. The van der Waals surface area contributed by atoms with Crippen LogP contribution in [0.15, 0.2) is 46.8 Å². The van der Waals surface area contributed by atoms with Gasteiger partial charge in [0.25, 0.3) is 0 Å². The first-order chi connectivity index (χ1) is 13.7. The lowest BCUT2D eigenvalue weighted by atomic mass is 10.1. The molecule has 3 N–H and O–H groups in total. The molecule has 0 radical (unpaired) electrons. The van der Waals surface area contributed by atoms with Crippen molar-refractivity contribution in [1.82, 2.24) is 5.32 Å². The van der Waals surface area contributed by atoms with Crippen LogP contribution in [0.3, 0.4) is 0 Å². The van der Waals surface area contributed by atoms with E-state index < -0.39 is 0 Å². The molecule has 3 rings (SSSR count). The van der Waals surface area contributed by atoms with Crippen molar-refractivity contribution >= 4 is 50.4 Å². The number of nitrogens with two attached hydrogens (primary N) is 1. The first-order valence-electron chi connectivity index (χ1n) is 9.72. The molecule has 2 heterocycles. The normalized spacial score (nSPS) is 17.0. The van der Waals surface area contributed by atoms with E-state index in [-0.39, 0.29) is 5.91 Å². The van der Waals surface area contributed by atoms with Crippen LogP contribution in [0, 0.1) is 0 Å². The van der Waals surface area contributed by atoms with Gasteiger partial charge in [-0.3, -0.25) is 4.79 Å². The molecule has 2 aromatic rings. The Morgan fingerprint density at radius 3 is 2.79 bits per heavy atom. The molecule has 1 aromatic carbocycles. The summed E-state index contributed by atoms with van der Waals surface area (Å²) < 4.78 is 0. The molecule has 1 amide bonds. The molecule has 1 aromatic heterocycles. The molecule has 150 valence electrons. The number of nitrogens with one attached hydrogen (secondary N) is 1. The van der Waals surface area contributed by atoms with E-state index >= 15 is 0 Å². The summed E-state index contributed by atoms with van der Waals surface area (Å²) in [6.07, 6.45) is 6.18. The third-order valence-electron chi connectivity index (χ3n) is 4.60. The number of carbonyl (C=O) groups is 1. The molecule has 7 heteroatoms. The van der Waals surface area contributed by atoms with Crippen molar-refractivity contribution < 1.29 is 4.79 Å². The average molecular weight is 434 g/mol. The van der Waals surface area contributed by atoms with E-state index in [4.69, 9.17) is 5.73 Å². The second kappa shape index (κ2) is 11.5. The van der Waals surface area contributed by atoms with Crippen LogP contribution >= 0.6 is 32.9 Å². The van der Waals surface area contributed by atoms with Crippen molar-refractivity contribution in [3.05, 3.63) is 52.2 Å². The Hall–Kier alpha value is -1.44. The minimum atomic E-state index is 0.165. The number of carbonyl (C=O) groups excluding carboxylic acids is 1. The number of unbranched alkanes of at least 4 members (excludes halogenated alkanes) is 1. The summed E-state index contributed by atoms with van der Waals surface area (Å²) in [5.41, 5.74) is 8.05. The van der Waals surface area contributed by atoms with Crippen LogP contribution in [0.1, 0.15) is 42.5 Å². The predicted molar refractivity (Wildman–Crippen MR) is 125 cm³/mol. The Balaban J connectivity index is 1.32. The minimum Gasteiger partial charge on any atom is -0.383 e. The number of hydrogen-bond donors (Lipinski definition) is 2. The summed E-state index contributed by atoms with van der Waals surface area (Å²) in [5.74, 6) is 1.99. The van der Waals surface area contributed by atoms with Crippen LogP contribution in [0.25, 0.3) is 0 Å². The molecule has 1 aliphatic heterocycles. The number of amides is 1. The summed E-state index contributed by atoms with van der Waals surface area (Å²) >= 11 is 1.58. The van der Waals surface area contributed by atoms with E-state index in [1.165, 1.54) is 24.2 Å². The highest BCUT2D eigenvalue weighted by Crippen LogP contribution is 2.39. The van der Waals surface area contributed by atoms with Gasteiger partial charge >= 0.3 is 0 Å². The number of nitrogens with zero attached hydrogens (tertiary/aromatic N) is 1. The number of rotatable bonds is 10. The second-order valence-corrected chi connectivity index (χ2v) is 10.6. The molecule has 28 heavy (non-hydrogen) atoms. The summed E-state index contributed by atoms with van der Waals surface area (Å²) in [4.78, 5) is 17.4. The van der Waals surface area contributed by atoms with Gasteiger partial charge in [-0.1, -0.05) is 46.2 Å². The minimum absolute atomic E-state index is 0.165. The van der Waals surface area contributed by atoms with Gasteiger partial charge < -0.3 is 11.1 Å². The first kappa shape index (κ1) is 21.3. The molecular formula is C21H27N3OS3. The highest BCUT2D eigenvalue weighted by Gasteiger charge is 2.15. The number of thiophene rings is 1. The van der Waals surface area contributed by atoms with Crippen molar-refractivity contribution in [2.45, 2.75) is 43.8 Å². The van der Waals surface area contributed by atoms with E-state index in [1.54, 1.807) is 11.3 Å². The Bertz CT molecular complexity index is 754. The molecule has 1 aliphatic rings. The highest BCUT2D eigenvalue weighted by atomic mass is 33.1. The monoisotopic (exact) mass is 433 g/mol. The largest absolute Gasteiger partial charge is 0.383 e. The van der Waals surface area contributed by atoms with Gasteiger partial charge in [-0.15, -0.1) is 11.3 Å². The number of benzene rings is 1. The molecule has 0 aliphatic carbocycles. The fourth-order valence-corrected chi connectivity index (χ4v) is 6.67. The van der Waals surface area contributed by atoms with E-state index in [1.807, 2.05) is 63.4 Å². The third-order valence-corrected chi connectivity index (χ3v) is 8.50. The van der Waals surface area contributed by atoms with Gasteiger partial charge in [0.15, 0.2) is 0 Å². The van der Waals surface area contributed by atoms with E-state index in [0.29, 0.717) is 18.8 Å². The Morgan fingerprint density at radius 1 is 1.21 bits per heavy atom. The standard InChI is InChI=1S/C21H27N3OS3/c22-21(19-5-3-14-26-19)24-17-9-7-16(8-10-17)11-13-23-20(25)6-2-1-4-18-12-15-27-28-18/h3,5,7-10,14,18H,1-2,4,6,11-13,15H2,(H2,22,24)(H,23,25)/t18-/m1/s1. The van der Waals surface area contributed by atoms with Gasteiger partial charge in [-0.2, -0.15) is 0 Å². The Labute approximate surface area is 179 Å². The summed E-state index contributed by atoms with van der Waals surface area (Å²) in [6, 6.07) is 12.0. The zero-order valence-electron chi connectivity index (χ0n) is 15.9. The summed E-state index contributed by atoms with van der Waals surface area (Å²) in [6.45, 7) is 0.675. The predicted octanol–water partition coefficient (Wildman–Crippen LogP) is 5.16. The fourth-order valence-electron chi connectivity index (χ4n) is 3.01. The smallest absolute Gasteiger partial charge is 0.220 e. The molecule has 4 nitrogen and oxygen atoms in total. The molecule has 0 saturated carbocycles. The topological polar surface area (TPSA) is 67.5 Å². The average Bonchev–Trinajstić information content (AvgIpc) is 3.41. The van der Waals surface area contributed by atoms with Crippen molar-refractivity contribution in [2.24, 2.45) is 10.7 Å². The Morgan fingerprint density at radius 2 is 2.07 bits per heavy atom. The van der Waals surface area contributed by atoms with Crippen molar-refractivity contribution in [3.63, 3.8) is 0 Å². The Kier molecular flexibility index (Phi) is 8.76. The van der Waals surface area contributed by atoms with E-state index in [9.17, 15) is 4.79 Å². The molecule has 0 bridgehead atoms. The van der Waals surface area contributed by atoms with E-state index in [0.717, 1.165) is 35.1 Å². The summed E-state index contributed by atoms with van der Waals surface area (Å²) in [5, 5.41) is 5.83. The fraction of sp³-hybridized carbons (Fsp3) is 0.429. The number of amidine groups is 1. The van der Waals surface area contributed by atoms with Gasteiger partial charge in [-0.25, -0.2) is 4.99 Å². The van der Waals surface area contributed by atoms with Crippen molar-refractivity contribution in [1.29, 1.82) is 0 Å². The van der Waals surface area contributed by atoms with Crippen LogP contribution in [0.2, 0.25) is 0 Å². The van der Waals surface area contributed by atoms with Gasteiger partial charge in [0.1, 0.15) is 5.84 Å². The van der Waals surface area contributed by atoms with E-state index in [2.05, 4.69) is 10.3 Å². The maximum absolute atomic E-state index is 12.0. The maximum Gasteiger partial charge on any atom is 0.220 e. The zero-order chi connectivity index (χ0) is 19.6. The number of hydrogen-bond acceptors (Lipinski definition) is 5.